The number of rotatable bonds is 0. The van der Waals surface area contributed by atoms with E-state index in [2.05, 4.69) is 0 Å². The lowest BCUT2D eigenvalue weighted by Gasteiger charge is -2.31. The highest BCUT2D eigenvalue weighted by molar-refractivity contribution is 7.91. The van der Waals surface area contributed by atoms with E-state index in [1.54, 1.807) is 32.0 Å². The molecule has 2 atom stereocenters. The summed E-state index contributed by atoms with van der Waals surface area (Å²) in [5.74, 6) is -0.179. The highest BCUT2D eigenvalue weighted by atomic mass is 32.2. The Labute approximate surface area is 102 Å². The second kappa shape index (κ2) is 3.82. The zero-order valence-corrected chi connectivity index (χ0v) is 11.2. The summed E-state index contributed by atoms with van der Waals surface area (Å²) in [5, 5.41) is 10.3. The van der Waals surface area contributed by atoms with Gasteiger partial charge in [-0.25, -0.2) is 8.42 Å². The zero-order valence-electron chi connectivity index (χ0n) is 10.3. The minimum absolute atomic E-state index is 0.0114. The van der Waals surface area contributed by atoms with Crippen molar-refractivity contribution in [2.45, 2.75) is 37.7 Å². The van der Waals surface area contributed by atoms with Crippen molar-refractivity contribution in [3.8, 4) is 0 Å². The summed E-state index contributed by atoms with van der Waals surface area (Å²) in [6.45, 7) is 5.49. The number of sulfone groups is 1. The third-order valence-electron chi connectivity index (χ3n) is 3.58. The quantitative estimate of drug-likeness (QED) is 0.770. The normalized spacial score (nSPS) is 30.4. The summed E-state index contributed by atoms with van der Waals surface area (Å²) in [6, 6.07) is 6.97. The molecule has 0 aliphatic carbocycles. The molecule has 17 heavy (non-hydrogen) atoms. The maximum atomic E-state index is 12.3. The Morgan fingerprint density at radius 3 is 2.53 bits per heavy atom. The second-order valence-electron chi connectivity index (χ2n) is 5.52. The van der Waals surface area contributed by atoms with Crippen LogP contribution in [0.1, 0.15) is 32.3 Å². The topological polar surface area (TPSA) is 54.4 Å². The van der Waals surface area contributed by atoms with Gasteiger partial charge in [0.15, 0.2) is 9.84 Å². The molecule has 4 heteroatoms. The Morgan fingerprint density at radius 1 is 1.29 bits per heavy atom. The van der Waals surface area contributed by atoms with E-state index >= 15 is 0 Å². The lowest BCUT2D eigenvalue weighted by Crippen LogP contribution is -2.36. The predicted octanol–water partition coefficient (Wildman–Crippen LogP) is 1.96. The Kier molecular flexibility index (Phi) is 2.83. The Hall–Kier alpha value is -0.870. The monoisotopic (exact) mass is 254 g/mol. The number of aliphatic hydroxyl groups excluding tert-OH is 1. The van der Waals surface area contributed by atoms with Crippen LogP contribution in [0.4, 0.5) is 0 Å². The summed E-state index contributed by atoms with van der Waals surface area (Å²) in [5.41, 5.74) is 0.0997. The maximum absolute atomic E-state index is 12.3. The molecular weight excluding hydrogens is 236 g/mol. The lowest BCUT2D eigenvalue weighted by molar-refractivity contribution is 0.0465. The van der Waals surface area contributed by atoms with E-state index in [1.807, 2.05) is 13.0 Å². The third-order valence-corrected chi connectivity index (χ3v) is 5.75. The fraction of sp³-hybridized carbons (Fsp3) is 0.538. The number of benzene rings is 1. The molecule has 1 aromatic rings. The molecule has 0 unspecified atom stereocenters. The van der Waals surface area contributed by atoms with E-state index in [4.69, 9.17) is 0 Å². The van der Waals surface area contributed by atoms with Gasteiger partial charge in [0.25, 0.3) is 0 Å². The lowest BCUT2D eigenvalue weighted by atomic mass is 9.79. The fourth-order valence-electron chi connectivity index (χ4n) is 2.64. The van der Waals surface area contributed by atoms with E-state index in [9.17, 15) is 13.5 Å². The van der Waals surface area contributed by atoms with Crippen molar-refractivity contribution in [1.82, 2.24) is 0 Å². The molecule has 1 aliphatic rings. The van der Waals surface area contributed by atoms with E-state index in [1.165, 1.54) is 0 Å². The summed E-state index contributed by atoms with van der Waals surface area (Å²) in [7, 11) is -3.31. The molecule has 94 valence electrons. The van der Waals surface area contributed by atoms with Crippen LogP contribution >= 0.6 is 0 Å². The highest BCUT2D eigenvalue weighted by Crippen LogP contribution is 2.40. The van der Waals surface area contributed by atoms with Crippen molar-refractivity contribution in [2.24, 2.45) is 5.41 Å². The summed E-state index contributed by atoms with van der Waals surface area (Å²) >= 11 is 0. The van der Waals surface area contributed by atoms with E-state index in [0.717, 1.165) is 5.56 Å². The summed E-state index contributed by atoms with van der Waals surface area (Å²) < 4.78 is 24.6. The van der Waals surface area contributed by atoms with Crippen molar-refractivity contribution in [3.63, 3.8) is 0 Å². The van der Waals surface area contributed by atoms with Gasteiger partial charge in [-0.1, -0.05) is 39.0 Å². The first kappa shape index (κ1) is 12.6. The molecule has 0 saturated carbocycles. The van der Waals surface area contributed by atoms with Crippen LogP contribution in [0.25, 0.3) is 0 Å². The summed E-state index contributed by atoms with van der Waals surface area (Å²) in [6.07, 6.45) is -0.652. The van der Waals surface area contributed by atoms with Gasteiger partial charge in [-0.05, 0) is 11.6 Å². The molecule has 0 radical (unpaired) electrons. The second-order valence-corrected chi connectivity index (χ2v) is 7.48. The average molecular weight is 254 g/mol. The number of hydrogen-bond acceptors (Lipinski definition) is 3. The van der Waals surface area contributed by atoms with Crippen LogP contribution in [0.15, 0.2) is 29.2 Å². The molecule has 0 fully saturated rings. The molecule has 1 aliphatic heterocycles. The van der Waals surface area contributed by atoms with Crippen molar-refractivity contribution in [2.75, 3.05) is 5.75 Å². The first-order valence-electron chi connectivity index (χ1n) is 5.75. The van der Waals surface area contributed by atoms with Crippen molar-refractivity contribution >= 4 is 9.84 Å². The molecule has 3 nitrogen and oxygen atoms in total. The fourth-order valence-corrected chi connectivity index (χ4v) is 4.84. The molecule has 0 saturated heterocycles. The largest absolute Gasteiger partial charge is 0.392 e. The van der Waals surface area contributed by atoms with Gasteiger partial charge in [0.05, 0.1) is 16.8 Å². The first-order chi connectivity index (χ1) is 7.76. The summed E-state index contributed by atoms with van der Waals surface area (Å²) in [4.78, 5) is 0.372. The molecule has 1 N–H and O–H groups in total. The van der Waals surface area contributed by atoms with E-state index in [0.29, 0.717) is 4.90 Å². The smallest absolute Gasteiger partial charge is 0.179 e. The Balaban J connectivity index is 2.70. The molecule has 1 aromatic carbocycles. The molecule has 0 aromatic heterocycles. The van der Waals surface area contributed by atoms with Crippen molar-refractivity contribution in [3.05, 3.63) is 29.8 Å². The minimum atomic E-state index is -3.31. The Morgan fingerprint density at radius 2 is 1.88 bits per heavy atom. The van der Waals surface area contributed by atoms with Crippen LogP contribution in [-0.2, 0) is 9.84 Å². The third kappa shape index (κ3) is 2.00. The zero-order chi connectivity index (χ0) is 12.8. The van der Waals surface area contributed by atoms with Crippen LogP contribution in [0.5, 0.6) is 0 Å². The van der Waals surface area contributed by atoms with Gasteiger partial charge in [-0.3, -0.25) is 0 Å². The van der Waals surface area contributed by atoms with Gasteiger partial charge in [0, 0.05) is 11.3 Å². The molecule has 0 amide bonds. The standard InChI is InChI=1S/C13H18O3S/c1-9-10-6-4-5-7-11(10)17(15,16)8-13(2,3)12(9)14/h4-7,9,12,14H,8H2,1-3H3/t9-,12+/m0/s1. The van der Waals surface area contributed by atoms with Gasteiger partial charge in [0.1, 0.15) is 0 Å². The number of hydrogen-bond donors (Lipinski definition) is 1. The molecular formula is C13H18O3S. The van der Waals surface area contributed by atoms with Crippen molar-refractivity contribution in [1.29, 1.82) is 0 Å². The number of aliphatic hydroxyl groups is 1. The molecule has 0 spiro atoms. The van der Waals surface area contributed by atoms with Crippen LogP contribution in [0.3, 0.4) is 0 Å². The van der Waals surface area contributed by atoms with Gasteiger partial charge in [0.2, 0.25) is 0 Å². The van der Waals surface area contributed by atoms with Crippen molar-refractivity contribution < 1.29 is 13.5 Å². The molecule has 2 rings (SSSR count). The Bertz CT molecular complexity index is 531. The van der Waals surface area contributed by atoms with E-state index in [-0.39, 0.29) is 11.7 Å². The van der Waals surface area contributed by atoms with Crippen LogP contribution in [0, 0.1) is 5.41 Å². The highest BCUT2D eigenvalue weighted by Gasteiger charge is 2.42. The SMILES string of the molecule is C[C@H]1c2ccccc2S(=O)(=O)CC(C)(C)[C@@H]1O. The first-order valence-corrected chi connectivity index (χ1v) is 7.41. The number of fused-ring (bicyclic) bond motifs is 1. The van der Waals surface area contributed by atoms with Crippen LogP contribution < -0.4 is 0 Å². The maximum Gasteiger partial charge on any atom is 0.179 e. The van der Waals surface area contributed by atoms with Gasteiger partial charge in [-0.15, -0.1) is 0 Å². The van der Waals surface area contributed by atoms with Crippen LogP contribution in [0.2, 0.25) is 0 Å². The average Bonchev–Trinajstić information content (AvgIpc) is 2.29. The molecule has 1 heterocycles. The van der Waals surface area contributed by atoms with Gasteiger partial charge < -0.3 is 5.11 Å². The molecule has 0 bridgehead atoms. The van der Waals surface area contributed by atoms with Crippen LogP contribution in [-0.4, -0.2) is 25.4 Å². The predicted molar refractivity (Wildman–Crippen MR) is 66.7 cm³/mol. The van der Waals surface area contributed by atoms with E-state index < -0.39 is 21.4 Å². The van der Waals surface area contributed by atoms with Gasteiger partial charge in [-0.2, -0.15) is 0 Å². The van der Waals surface area contributed by atoms with Gasteiger partial charge >= 0.3 is 0 Å². The minimum Gasteiger partial charge on any atom is -0.392 e.